The molecule has 6 aromatic rings. The fraction of sp³-hybridized carbons (Fsp3) is 0.182. The molecule has 0 saturated carbocycles. The smallest absolute Gasteiger partial charge is 1.00 e. The third kappa shape index (κ3) is 6.79. The van der Waals surface area contributed by atoms with Gasteiger partial charge in [0.2, 0.25) is 0 Å². The van der Waals surface area contributed by atoms with E-state index in [1.807, 2.05) is 0 Å². The Morgan fingerprint density at radius 3 is 1.22 bits per heavy atom. The van der Waals surface area contributed by atoms with Crippen LogP contribution in [-0.4, -0.2) is 5.43 Å². The third-order valence-corrected chi connectivity index (χ3v) is 34.0. The maximum atomic E-state index is 2.66. The molecule has 0 bridgehead atoms. The number of fused-ring (bicyclic) bond motifs is 2. The molecule has 2 heterocycles. The Morgan fingerprint density at radius 2 is 0.880 bits per heavy atom. The van der Waals surface area contributed by atoms with Gasteiger partial charge in [0, 0.05) is 0 Å². The molecule has 0 saturated heterocycles. The second-order valence-electron chi connectivity index (χ2n) is 14.0. The molecule has 250 valence electrons. The first kappa shape index (κ1) is 37.4. The predicted octanol–water partition coefficient (Wildman–Crippen LogP) is 8.08. The van der Waals surface area contributed by atoms with E-state index in [1.165, 1.54) is 55.1 Å². The standard InChI is InChI=1S/2C21H18P.C2H6Si.2ClH.Zr/c2*1-15-5-7-17(8-6-15)21-14-19(22-9-3-4-10-22)13-18-11-16(2)12-20(18)21;1-3-2;;;/h2*3-14H,1-2H3;1-2H3;2*1H;/q;;;;;+2/p-2. The largest absolute Gasteiger partial charge is 1.00 e. The molecule has 8 rings (SSSR count). The van der Waals surface area contributed by atoms with Crippen molar-refractivity contribution in [3.05, 3.63) is 165 Å². The number of rotatable bonds is 6. The molecule has 6 heteroatoms. The van der Waals surface area contributed by atoms with Crippen molar-refractivity contribution < 1.29 is 45.2 Å². The summed E-state index contributed by atoms with van der Waals surface area (Å²) in [7, 11) is -0.815. The summed E-state index contributed by atoms with van der Waals surface area (Å²) in [6.45, 7) is 14.6. The summed E-state index contributed by atoms with van der Waals surface area (Å²) in [5.41, 5.74) is 17.1. The first-order valence-corrected chi connectivity index (χ1v) is 29.1. The number of benzene rings is 4. The van der Waals surface area contributed by atoms with E-state index in [-0.39, 0.29) is 24.8 Å². The van der Waals surface area contributed by atoms with Crippen LogP contribution >= 0.6 is 15.1 Å². The molecule has 0 unspecified atom stereocenters. The van der Waals surface area contributed by atoms with Crippen LogP contribution in [0.5, 0.6) is 0 Å². The van der Waals surface area contributed by atoms with Crippen LogP contribution in [0.25, 0.3) is 45.0 Å². The molecule has 0 nitrogen and oxygen atoms in total. The minimum Gasteiger partial charge on any atom is -1.00 e. The summed E-state index contributed by atoms with van der Waals surface area (Å²) in [5, 5.41) is 3.01. The number of allylic oxidation sites excluding steroid dienone is 2. The Labute approximate surface area is 320 Å². The van der Waals surface area contributed by atoms with Gasteiger partial charge in [0.05, 0.1) is 0 Å². The third-order valence-electron chi connectivity index (χ3n) is 10.4. The summed E-state index contributed by atoms with van der Waals surface area (Å²) in [5.74, 6) is 9.71. The van der Waals surface area contributed by atoms with Crippen molar-refractivity contribution in [1.29, 1.82) is 0 Å². The molecule has 0 N–H and O–H groups in total. The number of aryl methyl sites for hydroxylation is 2. The van der Waals surface area contributed by atoms with E-state index in [1.54, 1.807) is 22.3 Å². The predicted molar refractivity (Wildman–Crippen MR) is 212 cm³/mol. The molecule has 0 spiro atoms. The summed E-state index contributed by atoms with van der Waals surface area (Å²) < 4.78 is 1.20. The number of hydrogen-bond donors (Lipinski definition) is 0. The monoisotopic (exact) mass is 820 g/mol. The summed E-state index contributed by atoms with van der Waals surface area (Å²) >= 11 is -2.27. The second-order valence-corrected chi connectivity index (χ2v) is 35.7. The van der Waals surface area contributed by atoms with Crippen LogP contribution in [0.15, 0.2) is 131 Å². The maximum Gasteiger partial charge on any atom is -1.00 e. The van der Waals surface area contributed by atoms with Crippen LogP contribution in [0.1, 0.15) is 54.5 Å². The van der Waals surface area contributed by atoms with Crippen LogP contribution < -0.4 is 24.8 Å². The van der Waals surface area contributed by atoms with E-state index in [0.717, 1.165) is 0 Å². The van der Waals surface area contributed by atoms with Gasteiger partial charge in [-0.2, -0.15) is 0 Å². The Bertz CT molecular complexity index is 2120. The van der Waals surface area contributed by atoms with E-state index in [0.29, 0.717) is 7.25 Å². The number of hydrogen-bond acceptors (Lipinski definition) is 0. The van der Waals surface area contributed by atoms with Crippen molar-refractivity contribution in [2.45, 2.75) is 48.0 Å². The Kier molecular flexibility index (Phi) is 11.4. The molecule has 50 heavy (non-hydrogen) atoms. The van der Waals surface area contributed by atoms with Gasteiger partial charge in [-0.1, -0.05) is 0 Å². The molecule has 0 fully saturated rings. The van der Waals surface area contributed by atoms with E-state index >= 15 is 0 Å². The summed E-state index contributed by atoms with van der Waals surface area (Å²) in [6.07, 6.45) is 5.19. The van der Waals surface area contributed by atoms with Crippen LogP contribution in [0, 0.1) is 13.8 Å². The van der Waals surface area contributed by atoms with Gasteiger partial charge >= 0.3 is 299 Å². The van der Waals surface area contributed by atoms with Crippen molar-refractivity contribution in [2.24, 2.45) is 0 Å². The van der Waals surface area contributed by atoms with E-state index in [9.17, 15) is 0 Å². The van der Waals surface area contributed by atoms with Crippen molar-refractivity contribution in [3.63, 3.8) is 0 Å². The molecular formula is C44H42Cl2P2SiZr. The van der Waals surface area contributed by atoms with Crippen molar-refractivity contribution in [2.75, 3.05) is 0 Å². The quantitative estimate of drug-likeness (QED) is 0.149. The minimum absolute atomic E-state index is 0. The molecule has 0 aliphatic heterocycles. The topological polar surface area (TPSA) is 0 Å². The molecule has 2 atom stereocenters. The zero-order valence-electron chi connectivity index (χ0n) is 29.5. The molecule has 0 amide bonds. The first-order valence-electron chi connectivity index (χ1n) is 17.1. The average Bonchev–Trinajstić information content (AvgIpc) is 3.90. The number of halogens is 2. The molecule has 4 aromatic carbocycles. The van der Waals surface area contributed by atoms with Gasteiger partial charge in [0.15, 0.2) is 0 Å². The van der Waals surface area contributed by atoms with Gasteiger partial charge < -0.3 is 24.8 Å². The molecule has 0 radical (unpaired) electrons. The van der Waals surface area contributed by atoms with Crippen LogP contribution in [0.4, 0.5) is 0 Å². The zero-order valence-corrected chi connectivity index (χ0v) is 36.3. The van der Waals surface area contributed by atoms with Gasteiger partial charge in [-0.25, -0.2) is 0 Å². The van der Waals surface area contributed by atoms with Gasteiger partial charge in [0.25, 0.3) is 0 Å². The summed E-state index contributed by atoms with van der Waals surface area (Å²) in [4.78, 5) is 0. The van der Waals surface area contributed by atoms with Gasteiger partial charge in [-0.3, -0.25) is 0 Å². The van der Waals surface area contributed by atoms with E-state index in [4.69, 9.17) is 0 Å². The Hall–Kier alpha value is -2.40. The van der Waals surface area contributed by atoms with Crippen LogP contribution in [0.2, 0.25) is 13.1 Å². The first-order chi connectivity index (χ1) is 23.3. The molecule has 2 aromatic heterocycles. The van der Waals surface area contributed by atoms with Crippen molar-refractivity contribution >= 4 is 32.7 Å². The Morgan fingerprint density at radius 1 is 0.520 bits per heavy atom. The average molecular weight is 823 g/mol. The minimum atomic E-state index is -2.27. The normalized spacial score (nSPS) is 15.5. The van der Waals surface area contributed by atoms with Gasteiger partial charge in [-0.15, -0.1) is 0 Å². The molecule has 2 aliphatic carbocycles. The Balaban J connectivity index is 0.00000216. The molecule has 2 aliphatic rings. The van der Waals surface area contributed by atoms with Crippen molar-refractivity contribution in [3.8, 4) is 32.9 Å². The van der Waals surface area contributed by atoms with Gasteiger partial charge in [-0.05, 0) is 0 Å². The second kappa shape index (κ2) is 15.3. The van der Waals surface area contributed by atoms with Gasteiger partial charge in [0.1, 0.15) is 0 Å². The van der Waals surface area contributed by atoms with E-state index in [2.05, 4.69) is 173 Å². The fourth-order valence-corrected chi connectivity index (χ4v) is 31.9. The van der Waals surface area contributed by atoms with E-state index < -0.39 is 40.9 Å². The fourth-order valence-electron chi connectivity index (χ4n) is 8.06. The summed E-state index contributed by atoms with van der Waals surface area (Å²) in [6, 6.07) is 37.8. The maximum absolute atomic E-state index is 2.66. The van der Waals surface area contributed by atoms with Crippen LogP contribution in [0.3, 0.4) is 0 Å². The molecular weight excluding hydrogens is 781 g/mol. The van der Waals surface area contributed by atoms with Crippen LogP contribution in [-0.2, 0) is 20.4 Å². The SMILES string of the molecule is CC1=Cc2c(-c3ccc(C)cc3)cc(-p3cccc3)cc2[C@@H]1[Zr+2]([C@H]1C(C)=Cc2c(-c3ccc(C)cc3)cc(-p3cccc3)cc21)=[Si](C)C.[Cl-].[Cl-]. The zero-order chi connectivity index (χ0) is 33.1. The van der Waals surface area contributed by atoms with Crippen molar-refractivity contribution in [1.82, 2.24) is 0 Å².